The first-order valence-corrected chi connectivity index (χ1v) is 11.3. The fraction of sp³-hybridized carbons (Fsp3) is 0.455. The molecule has 0 spiro atoms. The van der Waals surface area contributed by atoms with E-state index in [-0.39, 0.29) is 10.8 Å². The summed E-state index contributed by atoms with van der Waals surface area (Å²) in [6, 6.07) is 12.8. The summed E-state index contributed by atoms with van der Waals surface area (Å²) in [6.45, 7) is 7.24. The van der Waals surface area contributed by atoms with Crippen LogP contribution in [0.5, 0.6) is 0 Å². The second-order valence-electron chi connectivity index (χ2n) is 7.90. The second kappa shape index (κ2) is 8.13. The van der Waals surface area contributed by atoms with Crippen molar-refractivity contribution in [3.05, 3.63) is 53.6 Å². The molecule has 0 aromatic heterocycles. The van der Waals surface area contributed by atoms with Crippen molar-refractivity contribution in [2.75, 3.05) is 29.3 Å². The van der Waals surface area contributed by atoms with Gasteiger partial charge in [0.1, 0.15) is 0 Å². The summed E-state index contributed by atoms with van der Waals surface area (Å²) < 4.78 is 28.5. The molecule has 1 N–H and O–H groups in total. The average molecular weight is 403 g/mol. The highest BCUT2D eigenvalue weighted by Gasteiger charge is 2.29. The van der Waals surface area contributed by atoms with E-state index in [4.69, 9.17) is 0 Å². The third-order valence-electron chi connectivity index (χ3n) is 5.26. The summed E-state index contributed by atoms with van der Waals surface area (Å²) >= 11 is 0. The van der Waals surface area contributed by atoms with Crippen LogP contribution < -0.4 is 9.21 Å². The van der Waals surface area contributed by atoms with Gasteiger partial charge < -0.3 is 10.0 Å². The number of hydrogen-bond acceptors (Lipinski definition) is 4. The van der Waals surface area contributed by atoms with Gasteiger partial charge in [-0.2, -0.15) is 0 Å². The smallest absolute Gasteiger partial charge is 0.264 e. The molecule has 5 nitrogen and oxygen atoms in total. The van der Waals surface area contributed by atoms with E-state index in [2.05, 4.69) is 6.92 Å². The third-order valence-corrected chi connectivity index (χ3v) is 7.05. The maximum absolute atomic E-state index is 13.5. The van der Waals surface area contributed by atoms with Crippen molar-refractivity contribution in [3.63, 3.8) is 0 Å². The van der Waals surface area contributed by atoms with Gasteiger partial charge in [-0.25, -0.2) is 8.42 Å². The molecule has 2 aromatic rings. The summed E-state index contributed by atoms with van der Waals surface area (Å²) in [4.78, 5) is 2.27. The molecule has 0 saturated heterocycles. The van der Waals surface area contributed by atoms with Crippen LogP contribution in [-0.4, -0.2) is 33.7 Å². The second-order valence-corrected chi connectivity index (χ2v) is 9.76. The number of aryl methyl sites for hydroxylation is 1. The minimum Gasteiger partial charge on any atom is -0.388 e. The van der Waals surface area contributed by atoms with Crippen LogP contribution in [0.2, 0.25) is 0 Å². The highest BCUT2D eigenvalue weighted by Crippen LogP contribution is 2.36. The van der Waals surface area contributed by atoms with E-state index in [1.165, 1.54) is 9.87 Å². The molecular formula is C22H30N2O3S. The van der Waals surface area contributed by atoms with Crippen molar-refractivity contribution < 1.29 is 13.5 Å². The van der Waals surface area contributed by atoms with Crippen LogP contribution in [0, 0.1) is 5.92 Å². The topological polar surface area (TPSA) is 60.9 Å². The van der Waals surface area contributed by atoms with Crippen LogP contribution in [0.15, 0.2) is 47.4 Å². The number of hydrogen-bond donors (Lipinski definition) is 1. The molecular weight excluding hydrogens is 372 g/mol. The molecule has 28 heavy (non-hydrogen) atoms. The zero-order chi connectivity index (χ0) is 20.5. The summed E-state index contributed by atoms with van der Waals surface area (Å²) in [7, 11) is -1.78. The normalized spacial score (nSPS) is 16.9. The number of aliphatic hydroxyl groups excluding tert-OH is 1. The van der Waals surface area contributed by atoms with Gasteiger partial charge >= 0.3 is 0 Å². The standard InChI is InChI=1S/C22H30N2O3S/c1-5-17-6-8-18(9-7-17)24(15-16(2)3)28(26,27)19-10-11-21-20(14-19)22(25)12-13-23(21)4/h6-11,14,16,22,25H,5,12-13,15H2,1-4H3. The van der Waals surface area contributed by atoms with Gasteiger partial charge in [0.25, 0.3) is 10.0 Å². The lowest BCUT2D eigenvalue weighted by atomic mass is 9.99. The Morgan fingerprint density at radius 1 is 1.18 bits per heavy atom. The molecule has 0 fully saturated rings. The Kier molecular flexibility index (Phi) is 6.01. The lowest BCUT2D eigenvalue weighted by Gasteiger charge is -2.32. The minimum atomic E-state index is -3.74. The van der Waals surface area contributed by atoms with Gasteiger partial charge in [0.15, 0.2) is 0 Å². The summed E-state index contributed by atoms with van der Waals surface area (Å²) in [5, 5.41) is 10.4. The molecule has 6 heteroatoms. The van der Waals surface area contributed by atoms with E-state index >= 15 is 0 Å². The third kappa shape index (κ3) is 4.03. The number of sulfonamides is 1. The minimum absolute atomic E-state index is 0.176. The van der Waals surface area contributed by atoms with Crippen LogP contribution in [0.25, 0.3) is 0 Å². The number of rotatable bonds is 6. The molecule has 3 rings (SSSR count). The maximum Gasteiger partial charge on any atom is 0.264 e. The lowest BCUT2D eigenvalue weighted by molar-refractivity contribution is 0.165. The van der Waals surface area contributed by atoms with Gasteiger partial charge in [-0.05, 0) is 54.7 Å². The van der Waals surface area contributed by atoms with Crippen molar-refractivity contribution in [1.29, 1.82) is 0 Å². The Balaban J connectivity index is 2.05. The molecule has 1 aliphatic heterocycles. The summed E-state index contributed by atoms with van der Waals surface area (Å²) in [5.74, 6) is 0.176. The fourth-order valence-corrected chi connectivity index (χ4v) is 5.26. The molecule has 1 atom stereocenters. The van der Waals surface area contributed by atoms with Gasteiger partial charge in [-0.3, -0.25) is 4.31 Å². The SMILES string of the molecule is CCc1ccc(N(CC(C)C)S(=O)(=O)c2ccc3c(c2)C(O)CCN3C)cc1. The summed E-state index contributed by atoms with van der Waals surface area (Å²) in [6.07, 6.45) is 0.873. The average Bonchev–Trinajstić information content (AvgIpc) is 2.68. The van der Waals surface area contributed by atoms with E-state index in [1.54, 1.807) is 18.2 Å². The van der Waals surface area contributed by atoms with Gasteiger partial charge in [0.05, 0.1) is 16.7 Å². The van der Waals surface area contributed by atoms with E-state index in [0.717, 1.165) is 18.7 Å². The van der Waals surface area contributed by atoms with E-state index in [0.29, 0.717) is 24.2 Å². The molecule has 0 saturated carbocycles. The molecule has 2 aromatic carbocycles. The van der Waals surface area contributed by atoms with Crippen molar-refractivity contribution in [2.24, 2.45) is 5.92 Å². The van der Waals surface area contributed by atoms with Crippen LogP contribution in [0.1, 0.15) is 44.4 Å². The van der Waals surface area contributed by atoms with E-state index < -0.39 is 16.1 Å². The molecule has 152 valence electrons. The number of fused-ring (bicyclic) bond motifs is 1. The zero-order valence-electron chi connectivity index (χ0n) is 17.1. The largest absolute Gasteiger partial charge is 0.388 e. The van der Waals surface area contributed by atoms with Crippen LogP contribution in [0.3, 0.4) is 0 Å². The molecule has 0 bridgehead atoms. The fourth-order valence-electron chi connectivity index (χ4n) is 3.60. The predicted octanol–water partition coefficient (Wildman–Crippen LogP) is 3.97. The van der Waals surface area contributed by atoms with Crippen LogP contribution in [0.4, 0.5) is 11.4 Å². The van der Waals surface area contributed by atoms with Crippen molar-refractivity contribution in [3.8, 4) is 0 Å². The van der Waals surface area contributed by atoms with E-state index in [9.17, 15) is 13.5 Å². The highest BCUT2D eigenvalue weighted by atomic mass is 32.2. The first kappa shape index (κ1) is 20.7. The number of aliphatic hydroxyl groups is 1. The Bertz CT molecular complexity index is 923. The molecule has 0 amide bonds. The van der Waals surface area contributed by atoms with E-state index in [1.807, 2.05) is 50.1 Å². The predicted molar refractivity (Wildman–Crippen MR) is 114 cm³/mol. The Labute approximate surface area is 168 Å². The number of benzene rings is 2. The van der Waals surface area contributed by atoms with Crippen molar-refractivity contribution >= 4 is 21.4 Å². The maximum atomic E-state index is 13.5. The molecule has 1 heterocycles. The van der Waals surface area contributed by atoms with Crippen molar-refractivity contribution in [2.45, 2.75) is 44.6 Å². The quantitative estimate of drug-likeness (QED) is 0.794. The lowest BCUT2D eigenvalue weighted by Crippen LogP contribution is -2.34. The molecule has 1 unspecified atom stereocenters. The first-order chi connectivity index (χ1) is 13.2. The monoisotopic (exact) mass is 402 g/mol. The van der Waals surface area contributed by atoms with Gasteiger partial charge in [-0.15, -0.1) is 0 Å². The zero-order valence-corrected chi connectivity index (χ0v) is 17.9. The van der Waals surface area contributed by atoms with Gasteiger partial charge in [0.2, 0.25) is 0 Å². The molecule has 0 radical (unpaired) electrons. The first-order valence-electron chi connectivity index (χ1n) is 9.89. The van der Waals surface area contributed by atoms with Gasteiger partial charge in [-0.1, -0.05) is 32.9 Å². The Hall–Kier alpha value is -2.05. The number of anilines is 2. The van der Waals surface area contributed by atoms with Gasteiger partial charge in [0, 0.05) is 31.4 Å². The van der Waals surface area contributed by atoms with Crippen molar-refractivity contribution in [1.82, 2.24) is 0 Å². The molecule has 1 aliphatic rings. The molecule has 0 aliphatic carbocycles. The Morgan fingerprint density at radius 3 is 2.46 bits per heavy atom. The highest BCUT2D eigenvalue weighted by molar-refractivity contribution is 7.92. The number of nitrogens with zero attached hydrogens (tertiary/aromatic N) is 2. The van der Waals surface area contributed by atoms with Crippen LogP contribution >= 0.6 is 0 Å². The Morgan fingerprint density at radius 2 is 1.86 bits per heavy atom. The van der Waals surface area contributed by atoms with Crippen LogP contribution in [-0.2, 0) is 16.4 Å². The summed E-state index contributed by atoms with van der Waals surface area (Å²) in [5.41, 5.74) is 3.41.